The van der Waals surface area contributed by atoms with E-state index in [9.17, 15) is 13.2 Å². The van der Waals surface area contributed by atoms with E-state index in [4.69, 9.17) is 5.11 Å². The number of aliphatic hydroxyl groups is 1. The zero-order chi connectivity index (χ0) is 9.19. The summed E-state index contributed by atoms with van der Waals surface area (Å²) in [5.41, 5.74) is 0. The summed E-state index contributed by atoms with van der Waals surface area (Å²) < 4.78 is 38.7. The van der Waals surface area contributed by atoms with Crippen molar-refractivity contribution in [2.24, 2.45) is 0 Å². The van der Waals surface area contributed by atoms with Gasteiger partial charge in [0, 0.05) is 6.42 Å². The fourth-order valence-electron chi connectivity index (χ4n) is 1.31. The summed E-state index contributed by atoms with van der Waals surface area (Å²) in [5, 5.41) is 10.3. The molecular formula is C6H11ClF3NO2. The lowest BCUT2D eigenvalue weighted by Crippen LogP contribution is -3.00. The zero-order valence-corrected chi connectivity index (χ0v) is 7.48. The van der Waals surface area contributed by atoms with Crippen LogP contribution in [-0.4, -0.2) is 36.8 Å². The highest BCUT2D eigenvalue weighted by Crippen LogP contribution is 2.21. The molecule has 2 atom stereocenters. The van der Waals surface area contributed by atoms with E-state index in [1.807, 2.05) is 0 Å². The number of aliphatic hydroxyl groups excluding tert-OH is 1. The molecule has 1 aliphatic heterocycles. The van der Waals surface area contributed by atoms with Gasteiger partial charge in [-0.3, -0.25) is 4.74 Å². The maximum Gasteiger partial charge on any atom is 0.522 e. The third-order valence-electron chi connectivity index (χ3n) is 1.83. The van der Waals surface area contributed by atoms with E-state index in [-0.39, 0.29) is 38.0 Å². The third kappa shape index (κ3) is 4.66. The average molecular weight is 222 g/mol. The maximum atomic E-state index is 11.6. The number of hydrogen-bond acceptors (Lipinski definition) is 2. The van der Waals surface area contributed by atoms with E-state index in [0.717, 1.165) is 0 Å². The van der Waals surface area contributed by atoms with Gasteiger partial charge in [-0.15, -0.1) is 13.2 Å². The summed E-state index contributed by atoms with van der Waals surface area (Å²) in [6.07, 6.45) is -5.10. The molecule has 0 aromatic carbocycles. The molecule has 0 saturated carbocycles. The third-order valence-corrected chi connectivity index (χ3v) is 1.83. The molecule has 7 heteroatoms. The van der Waals surface area contributed by atoms with Gasteiger partial charge in [-0.25, -0.2) is 0 Å². The first-order valence-electron chi connectivity index (χ1n) is 3.70. The highest BCUT2D eigenvalue weighted by atomic mass is 35.5. The van der Waals surface area contributed by atoms with Crippen LogP contribution in [-0.2, 0) is 4.74 Å². The molecule has 0 amide bonds. The molecule has 0 unspecified atom stereocenters. The molecule has 13 heavy (non-hydrogen) atoms. The van der Waals surface area contributed by atoms with E-state index in [1.165, 1.54) is 0 Å². The second-order valence-electron chi connectivity index (χ2n) is 2.84. The van der Waals surface area contributed by atoms with Crippen molar-refractivity contribution >= 4 is 0 Å². The van der Waals surface area contributed by atoms with Crippen molar-refractivity contribution in [3.05, 3.63) is 0 Å². The lowest BCUT2D eigenvalue weighted by molar-refractivity contribution is -0.674. The van der Waals surface area contributed by atoms with Gasteiger partial charge in [0.2, 0.25) is 0 Å². The van der Waals surface area contributed by atoms with Gasteiger partial charge in [-0.2, -0.15) is 0 Å². The molecule has 0 aromatic rings. The predicted octanol–water partition coefficient (Wildman–Crippen LogP) is -3.78. The Kier molecular flexibility index (Phi) is 4.98. The van der Waals surface area contributed by atoms with Gasteiger partial charge in [0.15, 0.2) is 0 Å². The van der Waals surface area contributed by atoms with Gasteiger partial charge >= 0.3 is 6.36 Å². The molecule has 1 rings (SSSR count). The topological polar surface area (TPSA) is 46.1 Å². The van der Waals surface area contributed by atoms with Crippen molar-refractivity contribution in [2.45, 2.75) is 24.9 Å². The van der Waals surface area contributed by atoms with Gasteiger partial charge in [-0.1, -0.05) is 0 Å². The number of nitrogens with two attached hydrogens (primary N) is 1. The van der Waals surface area contributed by atoms with Crippen LogP contribution < -0.4 is 17.7 Å². The first-order valence-corrected chi connectivity index (χ1v) is 3.70. The smallest absolute Gasteiger partial charge is 0.522 e. The van der Waals surface area contributed by atoms with Crippen molar-refractivity contribution in [2.75, 3.05) is 13.2 Å². The van der Waals surface area contributed by atoms with Crippen LogP contribution in [0.2, 0.25) is 0 Å². The Morgan fingerprint density at radius 1 is 1.46 bits per heavy atom. The van der Waals surface area contributed by atoms with Crippen LogP contribution in [0.3, 0.4) is 0 Å². The molecule has 3 nitrogen and oxygen atoms in total. The lowest BCUT2D eigenvalue weighted by Gasteiger charge is -2.10. The van der Waals surface area contributed by atoms with E-state index >= 15 is 0 Å². The minimum Gasteiger partial charge on any atom is -1.00 e. The van der Waals surface area contributed by atoms with E-state index in [0.29, 0.717) is 0 Å². The number of halogens is 4. The summed E-state index contributed by atoms with van der Waals surface area (Å²) in [4.78, 5) is 0. The first kappa shape index (κ1) is 13.0. The quantitative estimate of drug-likeness (QED) is 0.503. The van der Waals surface area contributed by atoms with Crippen molar-refractivity contribution in [1.82, 2.24) is 0 Å². The second kappa shape index (κ2) is 4.99. The summed E-state index contributed by atoms with van der Waals surface area (Å²) in [7, 11) is 0. The molecule has 1 saturated heterocycles. The fourth-order valence-corrected chi connectivity index (χ4v) is 1.31. The van der Waals surface area contributed by atoms with Crippen LogP contribution in [0.15, 0.2) is 0 Å². The van der Waals surface area contributed by atoms with Crippen LogP contribution >= 0.6 is 0 Å². The lowest BCUT2D eigenvalue weighted by atomic mass is 10.2. The summed E-state index contributed by atoms with van der Waals surface area (Å²) >= 11 is 0. The molecule has 1 aliphatic rings. The van der Waals surface area contributed by atoms with E-state index < -0.39 is 12.5 Å². The highest BCUT2D eigenvalue weighted by Gasteiger charge is 2.38. The van der Waals surface area contributed by atoms with E-state index in [2.05, 4.69) is 4.74 Å². The molecule has 1 heterocycles. The maximum absolute atomic E-state index is 11.6. The Morgan fingerprint density at radius 3 is 2.46 bits per heavy atom. The van der Waals surface area contributed by atoms with E-state index in [1.54, 1.807) is 5.32 Å². The summed E-state index contributed by atoms with van der Waals surface area (Å²) in [6.45, 7) is 0.169. The van der Waals surface area contributed by atoms with Crippen LogP contribution in [0.1, 0.15) is 6.42 Å². The zero-order valence-electron chi connectivity index (χ0n) is 6.72. The van der Waals surface area contributed by atoms with Gasteiger partial charge in [0.1, 0.15) is 18.7 Å². The molecule has 0 radical (unpaired) electrons. The minimum atomic E-state index is -4.55. The van der Waals surface area contributed by atoms with Crippen molar-refractivity contribution in [3.8, 4) is 0 Å². The van der Waals surface area contributed by atoms with Gasteiger partial charge < -0.3 is 22.8 Å². The second-order valence-corrected chi connectivity index (χ2v) is 2.84. The monoisotopic (exact) mass is 221 g/mol. The SMILES string of the molecule is OC[C@@H]1C[C@H](OC(F)(F)F)C[NH2+]1.[Cl-]. The normalized spacial score (nSPS) is 28.6. The van der Waals surface area contributed by atoms with Crippen LogP contribution in [0.4, 0.5) is 13.2 Å². The molecule has 0 aliphatic carbocycles. The first-order chi connectivity index (χ1) is 5.51. The van der Waals surface area contributed by atoms with Crippen molar-refractivity contribution in [3.63, 3.8) is 0 Å². The molecule has 0 aromatic heterocycles. The Labute approximate surface area is 79.7 Å². The van der Waals surface area contributed by atoms with Gasteiger partial charge in [-0.05, 0) is 0 Å². The van der Waals surface area contributed by atoms with Crippen molar-refractivity contribution < 1.29 is 40.7 Å². The fraction of sp³-hybridized carbons (Fsp3) is 1.00. The molecule has 1 fully saturated rings. The van der Waals surface area contributed by atoms with Crippen LogP contribution in [0.25, 0.3) is 0 Å². The number of ether oxygens (including phenoxy) is 1. The Bertz CT molecular complexity index is 155. The summed E-state index contributed by atoms with van der Waals surface area (Å²) in [5.74, 6) is 0. The van der Waals surface area contributed by atoms with Crippen LogP contribution in [0.5, 0.6) is 0 Å². The molecule has 80 valence electrons. The van der Waals surface area contributed by atoms with Crippen molar-refractivity contribution in [1.29, 1.82) is 0 Å². The molecular weight excluding hydrogens is 211 g/mol. The van der Waals surface area contributed by atoms with Gasteiger partial charge in [0.25, 0.3) is 0 Å². The Hall–Kier alpha value is -0.0400. The molecule has 0 spiro atoms. The van der Waals surface area contributed by atoms with Gasteiger partial charge in [0.05, 0.1) is 6.61 Å². The number of alkyl halides is 3. The Balaban J connectivity index is 0.00000144. The largest absolute Gasteiger partial charge is 1.00 e. The number of hydrogen-bond donors (Lipinski definition) is 2. The minimum absolute atomic E-state index is 0. The highest BCUT2D eigenvalue weighted by molar-refractivity contribution is 4.68. The average Bonchev–Trinajstić information content (AvgIpc) is 2.32. The molecule has 3 N–H and O–H groups in total. The van der Waals surface area contributed by atoms with Crippen LogP contribution in [0, 0.1) is 0 Å². The molecule has 0 bridgehead atoms. The number of rotatable bonds is 2. The number of quaternary nitrogens is 1. The predicted molar refractivity (Wildman–Crippen MR) is 33.2 cm³/mol. The standard InChI is InChI=1S/C6H10F3NO2.ClH/c7-6(8,9)12-5-1-4(3-11)10-2-5;/h4-5,10-11H,1-3H2;1H/t4-,5-;/m0./s1. The summed E-state index contributed by atoms with van der Waals surface area (Å²) in [6, 6.07) is -0.141. The Morgan fingerprint density at radius 2 is 2.08 bits per heavy atom.